The summed E-state index contributed by atoms with van der Waals surface area (Å²) in [6, 6.07) is 7.92. The molecule has 0 aliphatic carbocycles. The first-order valence-electron chi connectivity index (χ1n) is 10.1. The average Bonchev–Trinajstić information content (AvgIpc) is 2.72. The number of carboxylic acid groups (broad SMARTS) is 6. The van der Waals surface area contributed by atoms with Crippen molar-refractivity contribution in [3.8, 4) is 0 Å². The number of fused-ring (bicyclic) bond motifs is 1. The minimum absolute atomic E-state index is 0.128. The zero-order valence-corrected chi connectivity index (χ0v) is 19.0. The van der Waals surface area contributed by atoms with Gasteiger partial charge in [-0.1, -0.05) is 18.2 Å². The summed E-state index contributed by atoms with van der Waals surface area (Å²) < 4.78 is 0. The van der Waals surface area contributed by atoms with Gasteiger partial charge < -0.3 is 46.2 Å². The number of carbonyl (C=O) groups excluding carboxylic acids is 1. The van der Waals surface area contributed by atoms with Gasteiger partial charge in [-0.05, 0) is 18.1 Å². The van der Waals surface area contributed by atoms with Crippen LogP contribution in [0.5, 0.6) is 0 Å². The summed E-state index contributed by atoms with van der Waals surface area (Å²) in [4.78, 5) is 71.9. The molecule has 0 fully saturated rings. The van der Waals surface area contributed by atoms with Gasteiger partial charge in [0.05, 0.1) is 25.7 Å². The summed E-state index contributed by atoms with van der Waals surface area (Å²) in [5, 5.41) is 70.4. The van der Waals surface area contributed by atoms with Crippen molar-refractivity contribution < 1.29 is 74.4 Å². The monoisotopic (exact) mass is 531 g/mol. The van der Waals surface area contributed by atoms with Crippen molar-refractivity contribution in [1.82, 2.24) is 0 Å². The lowest BCUT2D eigenvalue weighted by Crippen LogP contribution is -2.42. The van der Waals surface area contributed by atoms with E-state index in [9.17, 15) is 33.6 Å². The van der Waals surface area contributed by atoms with Crippen molar-refractivity contribution in [2.45, 2.75) is 49.7 Å². The van der Waals surface area contributed by atoms with Crippen LogP contribution in [0.1, 0.15) is 37.7 Å². The summed E-state index contributed by atoms with van der Waals surface area (Å²) in [5.74, 6) is -9.91. The van der Waals surface area contributed by atoms with Crippen molar-refractivity contribution in [3.05, 3.63) is 29.8 Å². The van der Waals surface area contributed by atoms with E-state index in [1.165, 1.54) is 5.56 Å². The number of hydrogen-bond acceptors (Lipinski definition) is 9. The Labute approximate surface area is 207 Å². The Bertz CT molecular complexity index is 964. The Morgan fingerprint density at radius 3 is 1.32 bits per heavy atom. The summed E-state index contributed by atoms with van der Waals surface area (Å²) in [6.07, 6.45) is -3.08. The van der Waals surface area contributed by atoms with E-state index in [-0.39, 0.29) is 5.91 Å². The smallest absolute Gasteiger partial charge is 0.336 e. The van der Waals surface area contributed by atoms with Gasteiger partial charge in [-0.25, -0.2) is 9.59 Å². The highest BCUT2D eigenvalue weighted by atomic mass is 16.4. The summed E-state index contributed by atoms with van der Waals surface area (Å²) in [7, 11) is 0. The third kappa shape index (κ3) is 12.1. The van der Waals surface area contributed by atoms with E-state index in [0.29, 0.717) is 6.42 Å². The van der Waals surface area contributed by atoms with E-state index in [4.69, 9.17) is 40.9 Å². The Hall–Kier alpha value is -4.57. The van der Waals surface area contributed by atoms with Gasteiger partial charge in [-0.3, -0.25) is 24.0 Å². The second-order valence-corrected chi connectivity index (χ2v) is 7.66. The molecule has 0 radical (unpaired) electrons. The van der Waals surface area contributed by atoms with Gasteiger partial charge >= 0.3 is 35.8 Å². The number of aryl methyl sites for hydroxylation is 1. The Morgan fingerprint density at radius 2 is 1.00 bits per heavy atom. The molecule has 37 heavy (non-hydrogen) atoms. The van der Waals surface area contributed by atoms with Crippen molar-refractivity contribution in [2.24, 2.45) is 0 Å². The lowest BCUT2D eigenvalue weighted by atomic mass is 9.96. The van der Waals surface area contributed by atoms with Crippen LogP contribution in [-0.2, 0) is 40.0 Å². The summed E-state index contributed by atoms with van der Waals surface area (Å²) in [6.45, 7) is 0. The number of anilines is 1. The Balaban J connectivity index is 0.000000526. The van der Waals surface area contributed by atoms with E-state index in [0.717, 1.165) is 12.1 Å². The number of carboxylic acids is 6. The van der Waals surface area contributed by atoms with Crippen LogP contribution in [0.3, 0.4) is 0 Å². The highest BCUT2D eigenvalue weighted by molar-refractivity contribution is 5.93. The predicted octanol–water partition coefficient (Wildman–Crippen LogP) is -0.926. The molecular formula is C21H25NO15. The van der Waals surface area contributed by atoms with Crippen molar-refractivity contribution in [1.29, 1.82) is 0 Å². The van der Waals surface area contributed by atoms with E-state index < -0.39 is 72.7 Å². The minimum atomic E-state index is -2.74. The van der Waals surface area contributed by atoms with Crippen LogP contribution in [0.25, 0.3) is 0 Å². The Morgan fingerprint density at radius 1 is 0.649 bits per heavy atom. The van der Waals surface area contributed by atoms with Crippen molar-refractivity contribution in [2.75, 3.05) is 5.32 Å². The molecular weight excluding hydrogens is 506 g/mol. The van der Waals surface area contributed by atoms with Crippen LogP contribution < -0.4 is 5.32 Å². The molecule has 1 aromatic rings. The van der Waals surface area contributed by atoms with Crippen LogP contribution in [0, 0.1) is 0 Å². The van der Waals surface area contributed by atoms with E-state index in [2.05, 4.69) is 11.4 Å². The van der Waals surface area contributed by atoms with Gasteiger partial charge in [-0.15, -0.1) is 0 Å². The average molecular weight is 531 g/mol. The molecule has 0 bridgehead atoms. The first-order valence-corrected chi connectivity index (χ1v) is 10.1. The fraction of sp³-hybridized carbons (Fsp3) is 0.381. The molecule has 0 aromatic heterocycles. The maximum atomic E-state index is 10.9. The fourth-order valence-electron chi connectivity index (χ4n) is 2.75. The number of nitrogens with one attached hydrogen (secondary N) is 1. The van der Waals surface area contributed by atoms with E-state index >= 15 is 0 Å². The summed E-state index contributed by atoms with van der Waals surface area (Å²) in [5.41, 5.74) is -3.26. The second kappa shape index (κ2) is 14.1. The lowest BCUT2D eigenvalue weighted by molar-refractivity contribution is -0.170. The number of para-hydroxylation sites is 1. The van der Waals surface area contributed by atoms with E-state index in [1.807, 2.05) is 18.2 Å². The third-order valence-corrected chi connectivity index (χ3v) is 4.48. The molecule has 0 atom stereocenters. The van der Waals surface area contributed by atoms with Gasteiger partial charge in [0, 0.05) is 12.1 Å². The molecule has 1 heterocycles. The van der Waals surface area contributed by atoms with Gasteiger partial charge in [0.2, 0.25) is 5.91 Å². The molecule has 1 aliphatic rings. The first-order chi connectivity index (χ1) is 16.9. The van der Waals surface area contributed by atoms with Crippen LogP contribution >= 0.6 is 0 Å². The molecule has 204 valence electrons. The molecule has 1 amide bonds. The number of aliphatic carboxylic acids is 6. The molecule has 0 unspecified atom stereocenters. The molecule has 1 aromatic carbocycles. The fourth-order valence-corrected chi connectivity index (χ4v) is 2.75. The molecule has 9 N–H and O–H groups in total. The SMILES string of the molecule is O=C(O)CC(O)(CC(=O)O)C(=O)O.O=C(O)CC(O)(CC(=O)O)C(=O)O.O=C1CCc2ccccc2N1. The van der Waals surface area contributed by atoms with Gasteiger partial charge in [0.1, 0.15) is 0 Å². The molecule has 1 aliphatic heterocycles. The molecule has 0 saturated carbocycles. The van der Waals surface area contributed by atoms with Crippen LogP contribution in [0.2, 0.25) is 0 Å². The zero-order chi connectivity index (χ0) is 29.0. The number of amides is 1. The number of benzene rings is 1. The highest BCUT2D eigenvalue weighted by Crippen LogP contribution is 2.21. The van der Waals surface area contributed by atoms with Gasteiger partial charge in [-0.2, -0.15) is 0 Å². The third-order valence-electron chi connectivity index (χ3n) is 4.48. The Kier molecular flexibility index (Phi) is 12.4. The number of aliphatic hydroxyl groups is 2. The molecule has 2 rings (SSSR count). The highest BCUT2D eigenvalue weighted by Gasteiger charge is 2.41. The van der Waals surface area contributed by atoms with Gasteiger partial charge in [0.15, 0.2) is 11.2 Å². The number of carbonyl (C=O) groups is 7. The molecule has 16 heteroatoms. The normalized spacial score (nSPS) is 12.2. The predicted molar refractivity (Wildman–Crippen MR) is 118 cm³/mol. The van der Waals surface area contributed by atoms with E-state index in [1.54, 1.807) is 0 Å². The quantitative estimate of drug-likeness (QED) is 0.176. The second-order valence-electron chi connectivity index (χ2n) is 7.66. The number of hydrogen-bond donors (Lipinski definition) is 9. The maximum absolute atomic E-state index is 10.9. The van der Waals surface area contributed by atoms with Crippen molar-refractivity contribution in [3.63, 3.8) is 0 Å². The van der Waals surface area contributed by atoms with Crippen LogP contribution in [0.4, 0.5) is 5.69 Å². The minimum Gasteiger partial charge on any atom is -0.481 e. The molecule has 16 nitrogen and oxygen atoms in total. The summed E-state index contributed by atoms with van der Waals surface area (Å²) >= 11 is 0. The number of rotatable bonds is 10. The topological polar surface area (TPSA) is 293 Å². The largest absolute Gasteiger partial charge is 0.481 e. The van der Waals surface area contributed by atoms with Crippen molar-refractivity contribution >= 4 is 47.4 Å². The zero-order valence-electron chi connectivity index (χ0n) is 19.0. The van der Waals surface area contributed by atoms with Crippen LogP contribution in [-0.4, -0.2) is 93.8 Å². The lowest BCUT2D eigenvalue weighted by Gasteiger charge is -2.18. The first kappa shape index (κ1) is 32.4. The van der Waals surface area contributed by atoms with Crippen LogP contribution in [0.15, 0.2) is 24.3 Å². The van der Waals surface area contributed by atoms with Gasteiger partial charge in [0.25, 0.3) is 0 Å². The maximum Gasteiger partial charge on any atom is 0.336 e. The molecule has 0 saturated heterocycles. The standard InChI is InChI=1S/C9H9NO.2C6H8O7/c11-9-6-5-7-3-1-2-4-8(7)10-9;2*7-3(8)1-6(13,5(11)12)2-4(9)10/h1-4H,5-6H2,(H,10,11);2*13H,1-2H2,(H,7,8)(H,9,10)(H,11,12). The molecule has 0 spiro atoms.